The lowest BCUT2D eigenvalue weighted by molar-refractivity contribution is 0.0994. The minimum Gasteiger partial charge on any atom is -0.367 e. The van der Waals surface area contributed by atoms with Crippen molar-refractivity contribution in [3.8, 4) is 11.3 Å². The van der Waals surface area contributed by atoms with Crippen LogP contribution in [0.15, 0.2) is 24.5 Å². The molecule has 1 saturated carbocycles. The average Bonchev–Trinajstić information content (AvgIpc) is 3.24. The second-order valence-electron chi connectivity index (χ2n) is 6.60. The van der Waals surface area contributed by atoms with Crippen molar-refractivity contribution in [1.29, 1.82) is 0 Å². The Balaban J connectivity index is 1.79. The minimum atomic E-state index is -0.620. The summed E-state index contributed by atoms with van der Waals surface area (Å²) in [4.78, 5) is 23.0. The van der Waals surface area contributed by atoms with E-state index in [1.54, 1.807) is 29.2 Å². The van der Waals surface area contributed by atoms with Crippen LogP contribution in [0.25, 0.3) is 26.5 Å². The van der Waals surface area contributed by atoms with Crippen LogP contribution in [0.5, 0.6) is 0 Å². The molecule has 10 nitrogen and oxygen atoms in total. The molecular formula is C17H15N9O. The Kier molecular flexibility index (Phi) is 3.56. The van der Waals surface area contributed by atoms with Gasteiger partial charge in [0.2, 0.25) is 18.5 Å². The molecule has 10 heteroatoms. The second kappa shape index (κ2) is 5.81. The molecule has 0 aliphatic heterocycles. The van der Waals surface area contributed by atoms with Crippen molar-refractivity contribution >= 4 is 17.4 Å². The monoisotopic (exact) mass is 361 g/mol. The molecule has 0 atom stereocenters. The van der Waals surface area contributed by atoms with Crippen molar-refractivity contribution in [3.05, 3.63) is 53.1 Å². The molecule has 4 N–H and O–H groups in total. The third-order valence-electron chi connectivity index (χ3n) is 4.91. The van der Waals surface area contributed by atoms with Gasteiger partial charge >= 0.3 is 0 Å². The van der Waals surface area contributed by atoms with Crippen molar-refractivity contribution < 1.29 is 4.79 Å². The molecule has 0 unspecified atom stereocenters. The van der Waals surface area contributed by atoms with Gasteiger partial charge in [-0.15, -0.1) is 5.10 Å². The number of fused-ring (bicyclic) bond motifs is 1. The van der Waals surface area contributed by atoms with Crippen molar-refractivity contribution in [3.63, 3.8) is 0 Å². The Morgan fingerprint density at radius 3 is 2.81 bits per heavy atom. The number of anilines is 1. The van der Waals surface area contributed by atoms with Crippen molar-refractivity contribution in [1.82, 2.24) is 24.4 Å². The fourth-order valence-corrected chi connectivity index (χ4v) is 3.56. The number of hydrogen-bond acceptors (Lipinski definition) is 5. The van der Waals surface area contributed by atoms with Crippen LogP contribution in [0.3, 0.4) is 0 Å². The number of rotatable bonds is 4. The molecule has 0 bridgehead atoms. The zero-order chi connectivity index (χ0) is 19.2. The average molecular weight is 361 g/mol. The number of carbonyl (C=O) groups is 1. The van der Waals surface area contributed by atoms with E-state index < -0.39 is 11.4 Å². The van der Waals surface area contributed by atoms with Gasteiger partial charge in [0.25, 0.3) is 5.91 Å². The van der Waals surface area contributed by atoms with E-state index in [1.807, 2.05) is 0 Å². The summed E-state index contributed by atoms with van der Waals surface area (Å²) < 4.78 is 3.11. The van der Waals surface area contributed by atoms with Crippen LogP contribution in [0.4, 0.5) is 5.95 Å². The molecular weight excluding hydrogens is 346 g/mol. The molecule has 0 saturated heterocycles. The Hall–Kier alpha value is -3.92. The Morgan fingerprint density at radius 2 is 2.15 bits per heavy atom. The maximum absolute atomic E-state index is 11.6. The molecule has 4 rings (SSSR count). The highest BCUT2D eigenvalue weighted by Crippen LogP contribution is 2.42. The number of nitrogens with two attached hydrogens (primary N) is 2. The summed E-state index contributed by atoms with van der Waals surface area (Å²) in [6.45, 7) is 14.7. The number of nitrogens with zero attached hydrogens (tertiary/aromatic N) is 7. The molecule has 0 aromatic carbocycles. The number of carbonyl (C=O) groups excluding carboxylic acids is 1. The summed E-state index contributed by atoms with van der Waals surface area (Å²) in [5, 5.41) is 8.48. The van der Waals surface area contributed by atoms with Crippen molar-refractivity contribution in [2.75, 3.05) is 12.3 Å². The topological polar surface area (TPSA) is 126 Å². The zero-order valence-corrected chi connectivity index (χ0v) is 14.2. The molecule has 3 aromatic rings. The highest BCUT2D eigenvalue weighted by molar-refractivity contribution is 5.93. The summed E-state index contributed by atoms with van der Waals surface area (Å²) in [5.41, 5.74) is 12.7. The first kappa shape index (κ1) is 16.5. The number of primary amides is 1. The predicted octanol–water partition coefficient (Wildman–Crippen LogP) is 0.970. The van der Waals surface area contributed by atoms with Crippen LogP contribution in [0, 0.1) is 13.1 Å². The highest BCUT2D eigenvalue weighted by atomic mass is 16.1. The summed E-state index contributed by atoms with van der Waals surface area (Å²) in [6.07, 6.45) is 4.62. The first-order valence-corrected chi connectivity index (χ1v) is 8.18. The molecule has 0 spiro atoms. The molecule has 3 heterocycles. The lowest BCUT2D eigenvalue weighted by atomic mass is 9.73. The van der Waals surface area contributed by atoms with E-state index in [-0.39, 0.29) is 24.2 Å². The Bertz CT molecular complexity index is 1140. The fourth-order valence-electron chi connectivity index (χ4n) is 3.56. The smallest absolute Gasteiger partial charge is 0.267 e. The minimum absolute atomic E-state index is 0.00321. The molecule has 134 valence electrons. The Morgan fingerprint density at radius 1 is 1.37 bits per heavy atom. The van der Waals surface area contributed by atoms with Gasteiger partial charge in [-0.2, -0.15) is 5.10 Å². The van der Waals surface area contributed by atoms with Crippen LogP contribution in [0.1, 0.15) is 23.3 Å². The molecule has 1 amide bonds. The summed E-state index contributed by atoms with van der Waals surface area (Å²) in [6, 6.07) is 3.18. The summed E-state index contributed by atoms with van der Waals surface area (Å²) >= 11 is 0. The molecule has 27 heavy (non-hydrogen) atoms. The lowest BCUT2D eigenvalue weighted by Crippen LogP contribution is -2.50. The number of aromatic nitrogens is 5. The number of nitrogen functional groups attached to an aromatic ring is 1. The Labute approximate surface area is 154 Å². The maximum atomic E-state index is 11.6. The van der Waals surface area contributed by atoms with Crippen LogP contribution in [-0.4, -0.2) is 42.9 Å². The fraction of sp³-hybridized carbons (Fsp3) is 0.294. The van der Waals surface area contributed by atoms with Crippen LogP contribution in [-0.2, 0) is 5.54 Å². The van der Waals surface area contributed by atoms with E-state index in [0.717, 1.165) is 0 Å². The standard InChI is InChI=1S/C17H15N9O/c1-20-9-17(5-11(6-17)21-2)25-8-10(7-22-25)14-12-3-4-13(15(18)27)26(12)24-16(19)23-14/h3-4,7-8,11H,5-6,9H2,(H2,18,27)(H2,19,24). The van der Waals surface area contributed by atoms with E-state index in [1.165, 1.54) is 4.52 Å². The van der Waals surface area contributed by atoms with Gasteiger partial charge in [0.1, 0.15) is 16.9 Å². The summed E-state index contributed by atoms with van der Waals surface area (Å²) in [5.74, 6) is -0.623. The van der Waals surface area contributed by atoms with E-state index in [0.29, 0.717) is 29.6 Å². The van der Waals surface area contributed by atoms with Crippen molar-refractivity contribution in [2.45, 2.75) is 24.4 Å². The van der Waals surface area contributed by atoms with Crippen LogP contribution >= 0.6 is 0 Å². The van der Waals surface area contributed by atoms with Gasteiger partial charge in [0.05, 0.1) is 24.6 Å². The van der Waals surface area contributed by atoms with E-state index >= 15 is 0 Å². The SMILES string of the molecule is [C-]#[N+]CC1(n2cc(-c3nc(N)nn4c(C(N)=O)ccc34)cn2)CC([N+]#[C-])C1. The second-order valence-corrected chi connectivity index (χ2v) is 6.60. The van der Waals surface area contributed by atoms with Gasteiger partial charge in [-0.1, -0.05) is 0 Å². The van der Waals surface area contributed by atoms with Crippen molar-refractivity contribution in [2.24, 2.45) is 5.73 Å². The first-order chi connectivity index (χ1) is 13.0. The van der Waals surface area contributed by atoms with Gasteiger partial charge in [0, 0.05) is 11.8 Å². The molecule has 0 radical (unpaired) electrons. The molecule has 3 aromatic heterocycles. The van der Waals surface area contributed by atoms with E-state index in [9.17, 15) is 4.79 Å². The van der Waals surface area contributed by atoms with Gasteiger partial charge in [-0.25, -0.2) is 22.6 Å². The van der Waals surface area contributed by atoms with E-state index in [4.69, 9.17) is 24.6 Å². The third kappa shape index (κ3) is 2.47. The quantitative estimate of drug-likeness (QED) is 0.670. The first-order valence-electron chi connectivity index (χ1n) is 8.18. The predicted molar refractivity (Wildman–Crippen MR) is 96.2 cm³/mol. The van der Waals surface area contributed by atoms with Crippen LogP contribution in [0.2, 0.25) is 0 Å². The normalized spacial score (nSPS) is 21.3. The highest BCUT2D eigenvalue weighted by Gasteiger charge is 2.53. The van der Waals surface area contributed by atoms with Gasteiger partial charge in [-0.05, 0) is 12.1 Å². The molecule has 1 aliphatic carbocycles. The number of hydrogen-bond donors (Lipinski definition) is 2. The molecule has 1 aliphatic rings. The molecule has 1 fully saturated rings. The van der Waals surface area contributed by atoms with Gasteiger partial charge < -0.3 is 21.2 Å². The lowest BCUT2D eigenvalue weighted by Gasteiger charge is -2.37. The largest absolute Gasteiger partial charge is 0.367 e. The van der Waals surface area contributed by atoms with Gasteiger partial charge in [-0.3, -0.25) is 9.48 Å². The third-order valence-corrected chi connectivity index (χ3v) is 4.91. The van der Waals surface area contributed by atoms with E-state index in [2.05, 4.69) is 24.9 Å². The van der Waals surface area contributed by atoms with Crippen LogP contribution < -0.4 is 11.5 Å². The maximum Gasteiger partial charge on any atom is 0.267 e. The summed E-state index contributed by atoms with van der Waals surface area (Å²) in [7, 11) is 0. The zero-order valence-electron chi connectivity index (χ0n) is 14.2. The number of amides is 1. The van der Waals surface area contributed by atoms with Gasteiger partial charge in [0.15, 0.2) is 0 Å².